The summed E-state index contributed by atoms with van der Waals surface area (Å²) in [6.07, 6.45) is 1.11. The van der Waals surface area contributed by atoms with Gasteiger partial charge in [0.15, 0.2) is 0 Å². The van der Waals surface area contributed by atoms with Crippen molar-refractivity contribution in [2.45, 2.75) is 26.5 Å². The molecule has 0 saturated heterocycles. The lowest BCUT2D eigenvalue weighted by atomic mass is 10.2. The van der Waals surface area contributed by atoms with Gasteiger partial charge in [-0.3, -0.25) is 9.10 Å². The van der Waals surface area contributed by atoms with Gasteiger partial charge in [0.05, 0.1) is 18.0 Å². The highest BCUT2D eigenvalue weighted by Crippen LogP contribution is 2.20. The summed E-state index contributed by atoms with van der Waals surface area (Å²) < 4.78 is 30.8. The highest BCUT2D eigenvalue weighted by Gasteiger charge is 2.20. The van der Waals surface area contributed by atoms with Crippen molar-refractivity contribution < 1.29 is 17.9 Å². The summed E-state index contributed by atoms with van der Waals surface area (Å²) in [4.78, 5) is 12.3. The molecule has 0 aliphatic carbocycles. The molecule has 0 aliphatic rings. The second-order valence-corrected chi connectivity index (χ2v) is 8.68. The summed E-state index contributed by atoms with van der Waals surface area (Å²) in [5, 5.41) is 3.22. The summed E-state index contributed by atoms with van der Waals surface area (Å²) in [6, 6.07) is 13.7. The number of carbonyl (C=O) groups is 1. The van der Waals surface area contributed by atoms with Crippen molar-refractivity contribution in [2.24, 2.45) is 0 Å². The van der Waals surface area contributed by atoms with E-state index in [2.05, 4.69) is 5.32 Å². The fourth-order valence-electron chi connectivity index (χ4n) is 2.40. The molecule has 0 atom stereocenters. The Labute approximate surface area is 165 Å². The lowest BCUT2D eigenvalue weighted by molar-refractivity contribution is -0.119. The summed E-state index contributed by atoms with van der Waals surface area (Å²) in [6.45, 7) is 3.82. The van der Waals surface area contributed by atoms with E-state index in [9.17, 15) is 13.2 Å². The molecular weight excluding hydrogens is 388 g/mol. The van der Waals surface area contributed by atoms with Crippen molar-refractivity contribution in [3.8, 4) is 5.75 Å². The molecule has 2 aromatic carbocycles. The Balaban J connectivity index is 2.03. The third-order valence-corrected chi connectivity index (χ3v) is 4.95. The number of carbonyl (C=O) groups excluding carboxylic acids is 1. The first-order chi connectivity index (χ1) is 12.6. The largest absolute Gasteiger partial charge is 0.491 e. The maximum atomic E-state index is 12.3. The van der Waals surface area contributed by atoms with Crippen LogP contribution in [0.5, 0.6) is 5.75 Å². The minimum Gasteiger partial charge on any atom is -0.491 e. The van der Waals surface area contributed by atoms with Crippen LogP contribution in [0.4, 0.5) is 5.69 Å². The molecular formula is C19H23ClN2O4S. The molecule has 6 nitrogen and oxygen atoms in total. The lowest BCUT2D eigenvalue weighted by Crippen LogP contribution is -2.40. The molecule has 0 radical (unpaired) electrons. The highest BCUT2D eigenvalue weighted by molar-refractivity contribution is 7.92. The molecule has 0 unspecified atom stereocenters. The molecule has 0 bridgehead atoms. The first-order valence-electron chi connectivity index (χ1n) is 8.41. The number of nitrogens with zero attached hydrogens (tertiary/aromatic N) is 1. The number of hydrogen-bond acceptors (Lipinski definition) is 4. The molecule has 0 spiro atoms. The van der Waals surface area contributed by atoms with E-state index in [4.69, 9.17) is 16.3 Å². The number of rotatable bonds is 8. The average molecular weight is 411 g/mol. The number of halogens is 1. The van der Waals surface area contributed by atoms with Crippen molar-refractivity contribution in [1.29, 1.82) is 0 Å². The summed E-state index contributed by atoms with van der Waals surface area (Å²) in [5.41, 5.74) is 1.24. The molecule has 27 heavy (non-hydrogen) atoms. The summed E-state index contributed by atoms with van der Waals surface area (Å²) in [5.74, 6) is 0.307. The van der Waals surface area contributed by atoms with Gasteiger partial charge in [-0.15, -0.1) is 0 Å². The topological polar surface area (TPSA) is 75.7 Å². The SMILES string of the molecule is CC(C)Oc1cccc(CNC(=O)CN(c2ccc(Cl)cc2)S(C)(=O)=O)c1. The van der Waals surface area contributed by atoms with Crippen LogP contribution in [0.15, 0.2) is 48.5 Å². The van der Waals surface area contributed by atoms with Gasteiger partial charge in [0.1, 0.15) is 12.3 Å². The maximum absolute atomic E-state index is 12.3. The number of benzene rings is 2. The van der Waals surface area contributed by atoms with Crippen LogP contribution >= 0.6 is 11.6 Å². The molecule has 8 heteroatoms. The second kappa shape index (κ2) is 9.10. The van der Waals surface area contributed by atoms with Crippen LogP contribution in [0, 0.1) is 0 Å². The predicted molar refractivity (Wildman–Crippen MR) is 108 cm³/mol. The maximum Gasteiger partial charge on any atom is 0.241 e. The van der Waals surface area contributed by atoms with Crippen LogP contribution in [0.25, 0.3) is 0 Å². The van der Waals surface area contributed by atoms with Crippen molar-refractivity contribution >= 4 is 33.2 Å². The minimum atomic E-state index is -3.62. The molecule has 2 rings (SSSR count). The van der Waals surface area contributed by atoms with E-state index in [0.29, 0.717) is 10.7 Å². The van der Waals surface area contributed by atoms with Gasteiger partial charge in [-0.25, -0.2) is 8.42 Å². The quantitative estimate of drug-likeness (QED) is 0.725. The number of nitrogens with one attached hydrogen (secondary N) is 1. The standard InChI is InChI=1S/C19H23ClN2O4S/c1-14(2)26-18-6-4-5-15(11-18)12-21-19(23)13-22(27(3,24)25)17-9-7-16(20)8-10-17/h4-11,14H,12-13H2,1-3H3,(H,21,23). The number of ether oxygens (including phenoxy) is 1. The molecule has 1 N–H and O–H groups in total. The Hall–Kier alpha value is -2.25. The zero-order chi connectivity index (χ0) is 20.0. The van der Waals surface area contributed by atoms with E-state index in [1.165, 1.54) is 0 Å². The Morgan fingerprint density at radius 1 is 1.19 bits per heavy atom. The van der Waals surface area contributed by atoms with Gasteiger partial charge in [0.2, 0.25) is 15.9 Å². The van der Waals surface area contributed by atoms with Gasteiger partial charge in [-0.1, -0.05) is 23.7 Å². The fourth-order valence-corrected chi connectivity index (χ4v) is 3.38. The van der Waals surface area contributed by atoms with E-state index in [0.717, 1.165) is 21.9 Å². The third kappa shape index (κ3) is 6.77. The number of anilines is 1. The Morgan fingerprint density at radius 3 is 2.44 bits per heavy atom. The minimum absolute atomic E-state index is 0.0533. The molecule has 0 heterocycles. The van der Waals surface area contributed by atoms with Crippen LogP contribution in [0.2, 0.25) is 5.02 Å². The second-order valence-electron chi connectivity index (χ2n) is 6.34. The van der Waals surface area contributed by atoms with Gasteiger partial charge < -0.3 is 10.1 Å². The average Bonchev–Trinajstić information content (AvgIpc) is 2.58. The Kier molecular flexibility index (Phi) is 7.10. The van der Waals surface area contributed by atoms with E-state index in [-0.39, 0.29) is 19.2 Å². The Bertz CT molecular complexity index is 883. The van der Waals surface area contributed by atoms with E-state index < -0.39 is 15.9 Å². The van der Waals surface area contributed by atoms with Gasteiger partial charge in [0.25, 0.3) is 0 Å². The highest BCUT2D eigenvalue weighted by atomic mass is 35.5. The van der Waals surface area contributed by atoms with Crippen molar-refractivity contribution in [2.75, 3.05) is 17.1 Å². The van der Waals surface area contributed by atoms with Crippen LogP contribution in [-0.2, 0) is 21.4 Å². The monoisotopic (exact) mass is 410 g/mol. The summed E-state index contributed by atoms with van der Waals surface area (Å²) in [7, 11) is -3.62. The molecule has 0 fully saturated rings. The van der Waals surface area contributed by atoms with E-state index >= 15 is 0 Å². The van der Waals surface area contributed by atoms with Gasteiger partial charge in [-0.2, -0.15) is 0 Å². The van der Waals surface area contributed by atoms with Gasteiger partial charge in [-0.05, 0) is 55.8 Å². The number of sulfonamides is 1. The lowest BCUT2D eigenvalue weighted by Gasteiger charge is -2.22. The molecule has 0 saturated carbocycles. The number of hydrogen-bond donors (Lipinski definition) is 1. The first-order valence-corrected chi connectivity index (χ1v) is 10.6. The van der Waals surface area contributed by atoms with Crippen LogP contribution in [0.1, 0.15) is 19.4 Å². The van der Waals surface area contributed by atoms with E-state index in [1.54, 1.807) is 24.3 Å². The van der Waals surface area contributed by atoms with Crippen molar-refractivity contribution in [3.05, 3.63) is 59.1 Å². The normalized spacial score (nSPS) is 11.3. The van der Waals surface area contributed by atoms with E-state index in [1.807, 2.05) is 38.1 Å². The smallest absolute Gasteiger partial charge is 0.241 e. The third-order valence-electron chi connectivity index (χ3n) is 3.56. The molecule has 0 aliphatic heterocycles. The molecule has 2 aromatic rings. The van der Waals surface area contributed by atoms with Crippen LogP contribution in [0.3, 0.4) is 0 Å². The fraction of sp³-hybridized carbons (Fsp3) is 0.316. The summed E-state index contributed by atoms with van der Waals surface area (Å²) >= 11 is 5.84. The predicted octanol–water partition coefficient (Wildman–Crippen LogP) is 3.21. The van der Waals surface area contributed by atoms with Gasteiger partial charge in [0, 0.05) is 11.6 Å². The first kappa shape index (κ1) is 21.1. The zero-order valence-corrected chi connectivity index (χ0v) is 17.0. The number of amides is 1. The zero-order valence-electron chi connectivity index (χ0n) is 15.5. The van der Waals surface area contributed by atoms with Crippen LogP contribution in [-0.4, -0.2) is 33.2 Å². The van der Waals surface area contributed by atoms with Crippen LogP contribution < -0.4 is 14.4 Å². The Morgan fingerprint density at radius 2 is 1.85 bits per heavy atom. The molecule has 0 aromatic heterocycles. The molecule has 146 valence electrons. The van der Waals surface area contributed by atoms with Crippen molar-refractivity contribution in [1.82, 2.24) is 5.32 Å². The van der Waals surface area contributed by atoms with Crippen molar-refractivity contribution in [3.63, 3.8) is 0 Å². The van der Waals surface area contributed by atoms with Gasteiger partial charge >= 0.3 is 0 Å². The molecule has 1 amide bonds.